The lowest BCUT2D eigenvalue weighted by molar-refractivity contribution is 0.583. The minimum Gasteiger partial charge on any atom is -0.370 e. The van der Waals surface area contributed by atoms with Crippen molar-refractivity contribution in [3.63, 3.8) is 0 Å². The van der Waals surface area contributed by atoms with E-state index in [1.807, 2.05) is 5.38 Å². The second kappa shape index (κ2) is 7.04. The topological polar surface area (TPSA) is 63.3 Å². The third-order valence-electron chi connectivity index (χ3n) is 3.03. The summed E-state index contributed by atoms with van der Waals surface area (Å²) in [5, 5.41) is 5.64. The van der Waals surface area contributed by atoms with Crippen molar-refractivity contribution in [1.82, 2.24) is 4.98 Å². The van der Waals surface area contributed by atoms with Crippen LogP contribution in [0.5, 0.6) is 0 Å². The Morgan fingerprint density at radius 2 is 2.09 bits per heavy atom. The number of aromatic nitrogens is 1. The van der Waals surface area contributed by atoms with Crippen LogP contribution in [0.15, 0.2) is 28.6 Å². The molecule has 4 nitrogen and oxygen atoms in total. The number of anilines is 1. The monoisotopic (exact) mass is 338 g/mol. The highest BCUT2D eigenvalue weighted by molar-refractivity contribution is 7.09. The average molecular weight is 338 g/mol. The lowest BCUT2D eigenvalue weighted by Crippen LogP contribution is -2.23. The van der Waals surface area contributed by atoms with Gasteiger partial charge in [0.25, 0.3) is 0 Å². The summed E-state index contributed by atoms with van der Waals surface area (Å²) in [6.07, 6.45) is 0.639. The number of hydrogen-bond donors (Lipinski definition) is 2. The van der Waals surface area contributed by atoms with E-state index in [2.05, 4.69) is 36.1 Å². The van der Waals surface area contributed by atoms with Crippen LogP contribution in [0.3, 0.4) is 0 Å². The Hall–Kier alpha value is -2.02. The van der Waals surface area contributed by atoms with E-state index < -0.39 is 11.6 Å². The quantitative estimate of drug-likeness (QED) is 0.660. The zero-order valence-corrected chi connectivity index (χ0v) is 14.2. The molecule has 0 fully saturated rings. The van der Waals surface area contributed by atoms with Gasteiger partial charge in [-0.05, 0) is 12.1 Å². The molecule has 1 aromatic heterocycles. The standard InChI is InChI=1S/C16H20F2N4S/c1-16(2,3)14-21-11(9-23-14)6-7-20-15(19)22-13-8-10(17)4-5-12(13)18/h4-5,8-9H,6-7H2,1-3H3,(H3,19,20,22). The van der Waals surface area contributed by atoms with Gasteiger partial charge < -0.3 is 11.1 Å². The Balaban J connectivity index is 1.92. The van der Waals surface area contributed by atoms with Crippen LogP contribution in [0.1, 0.15) is 31.5 Å². The van der Waals surface area contributed by atoms with Crippen LogP contribution in [0.4, 0.5) is 14.5 Å². The van der Waals surface area contributed by atoms with Gasteiger partial charge in [-0.15, -0.1) is 11.3 Å². The number of guanidine groups is 1. The molecule has 1 aromatic carbocycles. The van der Waals surface area contributed by atoms with Gasteiger partial charge in [0, 0.05) is 29.8 Å². The van der Waals surface area contributed by atoms with Crippen molar-refractivity contribution in [3.8, 4) is 0 Å². The molecule has 0 aliphatic heterocycles. The van der Waals surface area contributed by atoms with E-state index in [0.717, 1.165) is 28.9 Å². The highest BCUT2D eigenvalue weighted by Gasteiger charge is 2.17. The van der Waals surface area contributed by atoms with Crippen LogP contribution in [0, 0.1) is 11.6 Å². The van der Waals surface area contributed by atoms with Gasteiger partial charge in [0.1, 0.15) is 11.6 Å². The van der Waals surface area contributed by atoms with Crippen molar-refractivity contribution in [2.75, 3.05) is 11.9 Å². The maximum absolute atomic E-state index is 13.5. The van der Waals surface area contributed by atoms with E-state index in [0.29, 0.717) is 13.0 Å². The highest BCUT2D eigenvalue weighted by Crippen LogP contribution is 2.25. The van der Waals surface area contributed by atoms with Gasteiger partial charge in [0.15, 0.2) is 5.96 Å². The number of nitrogens with two attached hydrogens (primary N) is 1. The lowest BCUT2D eigenvalue weighted by atomic mass is 9.98. The van der Waals surface area contributed by atoms with Crippen molar-refractivity contribution in [3.05, 3.63) is 45.9 Å². The largest absolute Gasteiger partial charge is 0.370 e. The maximum Gasteiger partial charge on any atom is 0.193 e. The van der Waals surface area contributed by atoms with Crippen LogP contribution in [0.2, 0.25) is 0 Å². The van der Waals surface area contributed by atoms with Gasteiger partial charge in [-0.3, -0.25) is 4.99 Å². The molecule has 7 heteroatoms. The van der Waals surface area contributed by atoms with Crippen molar-refractivity contribution in [1.29, 1.82) is 0 Å². The summed E-state index contributed by atoms with van der Waals surface area (Å²) < 4.78 is 26.6. The van der Waals surface area contributed by atoms with Crippen molar-refractivity contribution >= 4 is 23.0 Å². The number of hydrogen-bond acceptors (Lipinski definition) is 3. The van der Waals surface area contributed by atoms with E-state index in [9.17, 15) is 8.78 Å². The van der Waals surface area contributed by atoms with E-state index in [1.54, 1.807) is 11.3 Å². The number of aliphatic imine (C=N–C) groups is 1. The fourth-order valence-electron chi connectivity index (χ4n) is 1.83. The van der Waals surface area contributed by atoms with Gasteiger partial charge in [-0.25, -0.2) is 13.8 Å². The molecule has 2 aromatic rings. The Bertz CT molecular complexity index is 704. The SMILES string of the molecule is CC(C)(C)c1nc(CCN=C(N)Nc2cc(F)ccc2F)cs1. The summed E-state index contributed by atoms with van der Waals surface area (Å²) in [6, 6.07) is 3.12. The highest BCUT2D eigenvalue weighted by atomic mass is 32.1. The number of benzene rings is 1. The molecule has 0 bridgehead atoms. The normalized spacial score (nSPS) is 12.5. The van der Waals surface area contributed by atoms with Crippen LogP contribution < -0.4 is 11.1 Å². The second-order valence-electron chi connectivity index (χ2n) is 6.16. The van der Waals surface area contributed by atoms with Crippen molar-refractivity contribution < 1.29 is 8.78 Å². The number of nitrogens with zero attached hydrogens (tertiary/aromatic N) is 2. The van der Waals surface area contributed by atoms with Crippen molar-refractivity contribution in [2.45, 2.75) is 32.6 Å². The Morgan fingerprint density at radius 3 is 2.74 bits per heavy atom. The maximum atomic E-state index is 13.5. The molecule has 0 unspecified atom stereocenters. The molecular formula is C16H20F2N4S. The van der Waals surface area contributed by atoms with Crippen LogP contribution >= 0.6 is 11.3 Å². The van der Waals surface area contributed by atoms with E-state index in [4.69, 9.17) is 5.73 Å². The molecule has 2 rings (SSSR count). The Morgan fingerprint density at radius 1 is 1.35 bits per heavy atom. The summed E-state index contributed by atoms with van der Waals surface area (Å²) in [7, 11) is 0. The van der Waals surface area contributed by atoms with Gasteiger partial charge in [0.05, 0.1) is 16.4 Å². The number of nitrogens with one attached hydrogen (secondary N) is 1. The van der Waals surface area contributed by atoms with Gasteiger partial charge in [0.2, 0.25) is 0 Å². The first kappa shape index (κ1) is 17.3. The molecule has 0 spiro atoms. The smallest absolute Gasteiger partial charge is 0.193 e. The van der Waals surface area contributed by atoms with Crippen LogP contribution in [-0.4, -0.2) is 17.5 Å². The first-order chi connectivity index (χ1) is 10.8. The zero-order chi connectivity index (χ0) is 17.0. The predicted molar refractivity (Wildman–Crippen MR) is 91.0 cm³/mol. The average Bonchev–Trinajstić information content (AvgIpc) is 2.92. The second-order valence-corrected chi connectivity index (χ2v) is 7.02. The lowest BCUT2D eigenvalue weighted by Gasteiger charge is -2.13. The zero-order valence-electron chi connectivity index (χ0n) is 13.4. The number of halogens is 2. The predicted octanol–water partition coefficient (Wildman–Crippen LogP) is 3.69. The molecule has 23 heavy (non-hydrogen) atoms. The summed E-state index contributed by atoms with van der Waals surface area (Å²) in [5.74, 6) is -1.08. The Kier molecular flexibility index (Phi) is 5.30. The molecule has 1 heterocycles. The third-order valence-corrected chi connectivity index (χ3v) is 4.35. The Labute approximate surface area is 138 Å². The van der Waals surface area contributed by atoms with Crippen molar-refractivity contribution in [2.24, 2.45) is 10.7 Å². The summed E-state index contributed by atoms with van der Waals surface area (Å²) >= 11 is 1.62. The molecule has 0 saturated heterocycles. The van der Waals surface area contributed by atoms with Crippen LogP contribution in [-0.2, 0) is 11.8 Å². The first-order valence-electron chi connectivity index (χ1n) is 7.22. The van der Waals surface area contributed by atoms with Crippen LogP contribution in [0.25, 0.3) is 0 Å². The number of thiazole rings is 1. The fourth-order valence-corrected chi connectivity index (χ4v) is 2.77. The van der Waals surface area contributed by atoms with E-state index >= 15 is 0 Å². The molecule has 0 radical (unpaired) electrons. The molecule has 0 aliphatic rings. The third kappa shape index (κ3) is 4.99. The molecule has 124 valence electrons. The number of rotatable bonds is 4. The van der Waals surface area contributed by atoms with E-state index in [-0.39, 0.29) is 17.1 Å². The summed E-state index contributed by atoms with van der Waals surface area (Å²) in [6.45, 7) is 6.76. The fraction of sp³-hybridized carbons (Fsp3) is 0.375. The minimum absolute atomic E-state index is 0.0294. The summed E-state index contributed by atoms with van der Waals surface area (Å²) in [5.41, 5.74) is 6.64. The van der Waals surface area contributed by atoms with Gasteiger partial charge >= 0.3 is 0 Å². The molecule has 0 aliphatic carbocycles. The molecule has 3 N–H and O–H groups in total. The van der Waals surface area contributed by atoms with Gasteiger partial charge in [-0.2, -0.15) is 0 Å². The molecule has 0 amide bonds. The van der Waals surface area contributed by atoms with Gasteiger partial charge in [-0.1, -0.05) is 20.8 Å². The van der Waals surface area contributed by atoms with E-state index in [1.165, 1.54) is 0 Å². The molecule has 0 saturated carbocycles. The molecule has 0 atom stereocenters. The first-order valence-corrected chi connectivity index (χ1v) is 8.10. The minimum atomic E-state index is -0.584. The summed E-state index contributed by atoms with van der Waals surface area (Å²) in [4.78, 5) is 8.68. The molecular weight excluding hydrogens is 318 g/mol.